The van der Waals surface area contributed by atoms with E-state index in [1.165, 1.54) is 96.3 Å². The van der Waals surface area contributed by atoms with Crippen LogP contribution in [0, 0.1) is 0 Å². The maximum Gasteiger partial charge on any atom is 0.469 e. The summed E-state index contributed by atoms with van der Waals surface area (Å²) in [7, 11) is -4.77. The van der Waals surface area contributed by atoms with Gasteiger partial charge in [-0.25, -0.2) is 4.57 Å². The van der Waals surface area contributed by atoms with E-state index in [0.29, 0.717) is 12.8 Å². The third-order valence-electron chi connectivity index (χ3n) is 9.71. The van der Waals surface area contributed by atoms with E-state index in [4.69, 9.17) is 19.3 Å². The molecule has 0 amide bonds. The minimum atomic E-state index is -4.77. The fourth-order valence-electron chi connectivity index (χ4n) is 6.28. The number of hydrogen-bond acceptors (Lipinski definition) is 6. The average Bonchev–Trinajstić information content (AvgIpc) is 3.20. The molecule has 1 unspecified atom stereocenters. The number of ether oxygens (including phenoxy) is 2. The molecule has 8 nitrogen and oxygen atoms in total. The molecule has 0 aromatic heterocycles. The summed E-state index contributed by atoms with van der Waals surface area (Å²) in [6.45, 7) is 3.55. The number of allylic oxidation sites excluding steroid dienone is 12. The Bertz CT molecular complexity index is 1170. The first kappa shape index (κ1) is 55.5. The molecule has 0 spiro atoms. The van der Waals surface area contributed by atoms with Gasteiger partial charge in [-0.15, -0.1) is 0 Å². The highest BCUT2D eigenvalue weighted by atomic mass is 31.2. The summed E-state index contributed by atoms with van der Waals surface area (Å²) < 4.78 is 26.4. The molecule has 0 aliphatic carbocycles. The molecule has 1 atom stereocenters. The van der Waals surface area contributed by atoms with E-state index >= 15 is 0 Å². The number of carbonyl (C=O) groups excluding carboxylic acids is 2. The number of phosphoric ester groups is 1. The van der Waals surface area contributed by atoms with E-state index in [0.717, 1.165) is 70.6 Å². The van der Waals surface area contributed by atoms with E-state index in [1.54, 1.807) is 0 Å². The molecular formula is C49H85O8P. The van der Waals surface area contributed by atoms with Crippen molar-refractivity contribution in [3.05, 3.63) is 72.9 Å². The summed E-state index contributed by atoms with van der Waals surface area (Å²) in [6, 6.07) is 0. The zero-order valence-electron chi connectivity index (χ0n) is 36.9. The predicted octanol–water partition coefficient (Wildman–Crippen LogP) is 14.6. The van der Waals surface area contributed by atoms with Crippen LogP contribution in [0.3, 0.4) is 0 Å². The zero-order valence-corrected chi connectivity index (χ0v) is 37.8. The van der Waals surface area contributed by atoms with Crippen LogP contribution in [0.15, 0.2) is 72.9 Å². The summed E-state index contributed by atoms with van der Waals surface area (Å²) >= 11 is 0. The Morgan fingerprint density at radius 2 is 0.828 bits per heavy atom. The number of rotatable bonds is 42. The lowest BCUT2D eigenvalue weighted by Gasteiger charge is -2.18. The number of hydrogen-bond donors (Lipinski definition) is 2. The molecule has 0 saturated carbocycles. The molecule has 2 N–H and O–H groups in total. The molecule has 0 radical (unpaired) electrons. The molecule has 0 fully saturated rings. The second-order valence-electron chi connectivity index (χ2n) is 15.3. The van der Waals surface area contributed by atoms with Gasteiger partial charge in [0.25, 0.3) is 0 Å². The first-order valence-corrected chi connectivity index (χ1v) is 24.8. The van der Waals surface area contributed by atoms with Gasteiger partial charge in [-0.3, -0.25) is 14.1 Å². The van der Waals surface area contributed by atoms with Gasteiger partial charge in [-0.05, 0) is 83.5 Å². The van der Waals surface area contributed by atoms with Crippen LogP contribution in [0.2, 0.25) is 0 Å². The van der Waals surface area contributed by atoms with Crippen molar-refractivity contribution in [2.75, 3.05) is 13.2 Å². The molecular weight excluding hydrogens is 748 g/mol. The van der Waals surface area contributed by atoms with Gasteiger partial charge < -0.3 is 19.3 Å². The molecule has 0 aromatic rings. The van der Waals surface area contributed by atoms with Crippen LogP contribution in [0.1, 0.15) is 206 Å². The molecule has 0 aromatic carbocycles. The lowest BCUT2D eigenvalue weighted by atomic mass is 10.1. The van der Waals surface area contributed by atoms with Crippen LogP contribution >= 0.6 is 7.82 Å². The Labute approximate surface area is 355 Å². The Morgan fingerprint density at radius 1 is 0.466 bits per heavy atom. The number of esters is 2. The lowest BCUT2D eigenvalue weighted by Crippen LogP contribution is -2.29. The SMILES string of the molecule is CC/C=C\C/C=C\C/C=C\C/C=C\C/C=C\CCCCCC(=O)OC(COC(=O)CCCCCCCCCCC/C=C\CCCCCCCCCC)COP(=O)(O)O. The number of carbonyl (C=O) groups is 2. The highest BCUT2D eigenvalue weighted by Crippen LogP contribution is 2.36. The molecule has 0 rings (SSSR count). The Balaban J connectivity index is 3.93. The third-order valence-corrected chi connectivity index (χ3v) is 10.2. The van der Waals surface area contributed by atoms with Crippen LogP contribution in [0.5, 0.6) is 0 Å². The van der Waals surface area contributed by atoms with Gasteiger partial charge in [-0.1, -0.05) is 183 Å². The summed E-state index contributed by atoms with van der Waals surface area (Å²) in [5.41, 5.74) is 0. The molecule has 0 aliphatic heterocycles. The zero-order chi connectivity index (χ0) is 42.5. The standard InChI is InChI=1S/C49H85O8P/c1-3-5-7-9-11-13-15-17-19-21-23-24-26-27-29-31-33-35-37-39-41-43-48(50)55-45-47(46-56-58(52,53)54)57-49(51)44-42-40-38-36-34-32-30-28-25-22-20-18-16-14-12-10-8-6-4-2/h6,8,12,14,18,20-21,23,25,28,32,34,47H,3-5,7,9-11,13,15-17,19,22,24,26-27,29-31,33,35-46H2,1-2H3,(H2,52,53,54)/b8-6-,14-12-,20-18-,23-21-,28-25-,34-32-. The highest BCUT2D eigenvalue weighted by molar-refractivity contribution is 7.46. The monoisotopic (exact) mass is 833 g/mol. The first-order valence-electron chi connectivity index (χ1n) is 23.2. The fraction of sp³-hybridized carbons (Fsp3) is 0.714. The average molecular weight is 833 g/mol. The minimum Gasteiger partial charge on any atom is -0.462 e. The second-order valence-corrected chi connectivity index (χ2v) is 16.6. The fourth-order valence-corrected chi connectivity index (χ4v) is 6.64. The number of unbranched alkanes of at least 4 members (excludes halogenated alkanes) is 20. The Hall–Kier alpha value is -2.51. The largest absolute Gasteiger partial charge is 0.469 e. The maximum atomic E-state index is 12.4. The van der Waals surface area contributed by atoms with Gasteiger partial charge in [0.05, 0.1) is 6.61 Å². The normalized spacial score (nSPS) is 13.1. The van der Waals surface area contributed by atoms with Gasteiger partial charge in [0.1, 0.15) is 6.61 Å². The van der Waals surface area contributed by atoms with Crippen molar-refractivity contribution >= 4 is 19.8 Å². The maximum absolute atomic E-state index is 12.4. The van der Waals surface area contributed by atoms with Crippen molar-refractivity contribution in [3.8, 4) is 0 Å². The molecule has 0 bridgehead atoms. The minimum absolute atomic E-state index is 0.169. The predicted molar refractivity (Wildman–Crippen MR) is 244 cm³/mol. The Morgan fingerprint density at radius 3 is 1.28 bits per heavy atom. The van der Waals surface area contributed by atoms with Gasteiger partial charge in [-0.2, -0.15) is 0 Å². The Kier molecular flexibility index (Phi) is 42.1. The van der Waals surface area contributed by atoms with Crippen LogP contribution in [0.25, 0.3) is 0 Å². The molecule has 0 saturated heterocycles. The second kappa shape index (κ2) is 44.1. The topological polar surface area (TPSA) is 119 Å². The summed E-state index contributed by atoms with van der Waals surface area (Å²) in [5, 5.41) is 0. The van der Waals surface area contributed by atoms with Crippen molar-refractivity contribution in [1.29, 1.82) is 0 Å². The first-order chi connectivity index (χ1) is 28.3. The lowest BCUT2D eigenvalue weighted by molar-refractivity contribution is -0.161. The van der Waals surface area contributed by atoms with Gasteiger partial charge in [0, 0.05) is 12.8 Å². The van der Waals surface area contributed by atoms with Crippen LogP contribution in [-0.2, 0) is 28.2 Å². The van der Waals surface area contributed by atoms with E-state index in [2.05, 4.69) is 91.3 Å². The highest BCUT2D eigenvalue weighted by Gasteiger charge is 2.22. The molecule has 9 heteroatoms. The van der Waals surface area contributed by atoms with Crippen molar-refractivity contribution in [1.82, 2.24) is 0 Å². The smallest absolute Gasteiger partial charge is 0.462 e. The molecule has 0 heterocycles. The van der Waals surface area contributed by atoms with Crippen LogP contribution in [0.4, 0.5) is 0 Å². The van der Waals surface area contributed by atoms with E-state index in [-0.39, 0.29) is 19.4 Å². The van der Waals surface area contributed by atoms with Crippen molar-refractivity contribution in [2.24, 2.45) is 0 Å². The molecule has 0 aliphatic rings. The van der Waals surface area contributed by atoms with Crippen LogP contribution < -0.4 is 0 Å². The molecule has 58 heavy (non-hydrogen) atoms. The third kappa shape index (κ3) is 46.2. The van der Waals surface area contributed by atoms with Gasteiger partial charge >= 0.3 is 19.8 Å². The van der Waals surface area contributed by atoms with Crippen molar-refractivity contribution in [3.63, 3.8) is 0 Å². The summed E-state index contributed by atoms with van der Waals surface area (Å²) in [5.74, 6) is -0.925. The van der Waals surface area contributed by atoms with Crippen molar-refractivity contribution in [2.45, 2.75) is 213 Å². The quantitative estimate of drug-likeness (QED) is 0.0270. The van der Waals surface area contributed by atoms with Crippen LogP contribution in [-0.4, -0.2) is 41.0 Å². The van der Waals surface area contributed by atoms with Gasteiger partial charge in [0.2, 0.25) is 0 Å². The van der Waals surface area contributed by atoms with Crippen molar-refractivity contribution < 1.29 is 37.9 Å². The van der Waals surface area contributed by atoms with E-state index in [9.17, 15) is 14.2 Å². The summed E-state index contributed by atoms with van der Waals surface area (Å²) in [6.07, 6.45) is 57.7. The molecule has 334 valence electrons. The van der Waals surface area contributed by atoms with E-state index < -0.39 is 32.5 Å². The summed E-state index contributed by atoms with van der Waals surface area (Å²) in [4.78, 5) is 43.0. The van der Waals surface area contributed by atoms with Gasteiger partial charge in [0.15, 0.2) is 6.10 Å². The van der Waals surface area contributed by atoms with E-state index in [1.807, 2.05) is 0 Å². The number of phosphoric acid groups is 1.